The summed E-state index contributed by atoms with van der Waals surface area (Å²) in [5, 5.41) is 0. The van der Waals surface area contributed by atoms with Gasteiger partial charge in [-0.25, -0.2) is 0 Å². The minimum Gasteiger partial charge on any atom is -0.339 e. The second kappa shape index (κ2) is 5.53. The average molecular weight is 246 g/mol. The molecule has 2 rings (SSSR count). The van der Waals surface area contributed by atoms with Gasteiger partial charge in [0.2, 0.25) is 0 Å². The number of piperidine rings is 1. The molecule has 2 N–H and O–H groups in total. The van der Waals surface area contributed by atoms with Crippen molar-refractivity contribution in [1.82, 2.24) is 4.90 Å². The predicted octanol–water partition coefficient (Wildman–Crippen LogP) is 2.11. The topological polar surface area (TPSA) is 46.3 Å². The van der Waals surface area contributed by atoms with Gasteiger partial charge >= 0.3 is 0 Å². The Kier molecular flexibility index (Phi) is 4.02. The van der Waals surface area contributed by atoms with Gasteiger partial charge in [-0.2, -0.15) is 0 Å². The van der Waals surface area contributed by atoms with Gasteiger partial charge in [-0.15, -0.1) is 0 Å². The first-order valence-electron chi connectivity index (χ1n) is 6.68. The zero-order valence-corrected chi connectivity index (χ0v) is 11.3. The Hall–Kier alpha value is -1.35. The number of hydrogen-bond donors (Lipinski definition) is 1. The fourth-order valence-corrected chi connectivity index (χ4v) is 2.43. The predicted molar refractivity (Wildman–Crippen MR) is 73.6 cm³/mol. The largest absolute Gasteiger partial charge is 0.339 e. The smallest absolute Gasteiger partial charge is 0.253 e. The third-order valence-corrected chi connectivity index (χ3v) is 3.99. The van der Waals surface area contributed by atoms with E-state index < -0.39 is 0 Å². The minimum absolute atomic E-state index is 0.161. The number of rotatable bonds is 2. The molecule has 98 valence electrons. The average Bonchev–Trinajstić information content (AvgIpc) is 2.41. The molecule has 1 aromatic carbocycles. The van der Waals surface area contributed by atoms with Crippen LogP contribution < -0.4 is 5.73 Å². The maximum absolute atomic E-state index is 12.4. The van der Waals surface area contributed by atoms with Crippen molar-refractivity contribution in [3.8, 4) is 0 Å². The van der Waals surface area contributed by atoms with Crippen LogP contribution in [-0.4, -0.2) is 30.4 Å². The number of aryl methyl sites for hydroxylation is 2. The molecular weight excluding hydrogens is 224 g/mol. The summed E-state index contributed by atoms with van der Waals surface area (Å²) in [4.78, 5) is 14.3. The summed E-state index contributed by atoms with van der Waals surface area (Å²) in [5.41, 5.74) is 8.89. The number of amides is 1. The van der Waals surface area contributed by atoms with E-state index in [-0.39, 0.29) is 5.91 Å². The zero-order chi connectivity index (χ0) is 13.1. The van der Waals surface area contributed by atoms with Crippen molar-refractivity contribution < 1.29 is 4.79 Å². The summed E-state index contributed by atoms with van der Waals surface area (Å²) in [5.74, 6) is 0.752. The van der Waals surface area contributed by atoms with Crippen LogP contribution in [0.5, 0.6) is 0 Å². The molecule has 1 aromatic rings. The summed E-state index contributed by atoms with van der Waals surface area (Å²) in [6.07, 6.45) is 2.07. The first-order chi connectivity index (χ1) is 8.61. The maximum Gasteiger partial charge on any atom is 0.253 e. The van der Waals surface area contributed by atoms with E-state index in [2.05, 4.69) is 6.92 Å². The molecular formula is C15H22N2O. The zero-order valence-electron chi connectivity index (χ0n) is 11.3. The van der Waals surface area contributed by atoms with E-state index in [1.807, 2.05) is 30.0 Å². The summed E-state index contributed by atoms with van der Waals surface area (Å²) in [6.45, 7) is 6.54. The Morgan fingerprint density at radius 2 is 1.94 bits per heavy atom. The maximum atomic E-state index is 12.4. The highest BCUT2D eigenvalue weighted by Gasteiger charge is 2.22. The van der Waals surface area contributed by atoms with Gasteiger partial charge < -0.3 is 10.6 Å². The lowest BCUT2D eigenvalue weighted by atomic mass is 9.96. The van der Waals surface area contributed by atoms with Crippen molar-refractivity contribution in [2.75, 3.05) is 19.6 Å². The number of nitrogens with two attached hydrogens (primary N) is 1. The minimum atomic E-state index is 0.161. The van der Waals surface area contributed by atoms with Crippen molar-refractivity contribution in [3.63, 3.8) is 0 Å². The van der Waals surface area contributed by atoms with Gasteiger partial charge in [-0.05, 0) is 62.4 Å². The third kappa shape index (κ3) is 2.72. The molecule has 0 aliphatic carbocycles. The van der Waals surface area contributed by atoms with Crippen LogP contribution in [0.1, 0.15) is 34.3 Å². The number of carbonyl (C=O) groups excluding carboxylic acids is 1. The van der Waals surface area contributed by atoms with Crippen molar-refractivity contribution in [1.29, 1.82) is 0 Å². The van der Waals surface area contributed by atoms with E-state index >= 15 is 0 Å². The van der Waals surface area contributed by atoms with Crippen LogP contribution in [0.25, 0.3) is 0 Å². The molecule has 0 spiro atoms. The molecule has 0 aromatic heterocycles. The van der Waals surface area contributed by atoms with E-state index in [1.54, 1.807) is 0 Å². The van der Waals surface area contributed by atoms with E-state index in [0.29, 0.717) is 5.92 Å². The molecule has 0 bridgehead atoms. The lowest BCUT2D eigenvalue weighted by molar-refractivity contribution is 0.0693. The molecule has 18 heavy (non-hydrogen) atoms. The quantitative estimate of drug-likeness (QED) is 0.868. The summed E-state index contributed by atoms with van der Waals surface area (Å²) < 4.78 is 0. The lowest BCUT2D eigenvalue weighted by Crippen LogP contribution is -2.40. The number of nitrogens with zero attached hydrogens (tertiary/aromatic N) is 1. The molecule has 1 amide bonds. The highest BCUT2D eigenvalue weighted by atomic mass is 16.2. The van der Waals surface area contributed by atoms with Crippen LogP contribution >= 0.6 is 0 Å². The van der Waals surface area contributed by atoms with E-state index in [4.69, 9.17) is 5.73 Å². The molecule has 0 radical (unpaired) electrons. The lowest BCUT2D eigenvalue weighted by Gasteiger charge is -2.31. The van der Waals surface area contributed by atoms with Crippen molar-refractivity contribution >= 4 is 5.91 Å². The molecule has 0 atom stereocenters. The first kappa shape index (κ1) is 13.1. The number of benzene rings is 1. The summed E-state index contributed by atoms with van der Waals surface area (Å²) in [6, 6.07) is 5.95. The van der Waals surface area contributed by atoms with Gasteiger partial charge in [0.25, 0.3) is 5.91 Å². The van der Waals surface area contributed by atoms with Crippen LogP contribution in [0, 0.1) is 19.8 Å². The van der Waals surface area contributed by atoms with Crippen LogP contribution in [0.4, 0.5) is 0 Å². The first-order valence-corrected chi connectivity index (χ1v) is 6.68. The number of carbonyl (C=O) groups is 1. The van der Waals surface area contributed by atoms with Gasteiger partial charge in [0, 0.05) is 18.7 Å². The van der Waals surface area contributed by atoms with Gasteiger partial charge in [-0.3, -0.25) is 4.79 Å². The van der Waals surface area contributed by atoms with Crippen molar-refractivity contribution in [2.45, 2.75) is 26.7 Å². The van der Waals surface area contributed by atoms with Crippen LogP contribution in [0.15, 0.2) is 18.2 Å². The number of hydrogen-bond acceptors (Lipinski definition) is 2. The van der Waals surface area contributed by atoms with Gasteiger partial charge in [0.15, 0.2) is 0 Å². The summed E-state index contributed by atoms with van der Waals surface area (Å²) in [7, 11) is 0. The van der Waals surface area contributed by atoms with Gasteiger partial charge in [0.05, 0.1) is 0 Å². The Labute approximate surface area is 109 Å². The van der Waals surface area contributed by atoms with Crippen LogP contribution in [-0.2, 0) is 0 Å². The third-order valence-electron chi connectivity index (χ3n) is 3.99. The Bertz CT molecular complexity index is 434. The fourth-order valence-electron chi connectivity index (χ4n) is 2.43. The van der Waals surface area contributed by atoms with Gasteiger partial charge in [-0.1, -0.05) is 6.07 Å². The Morgan fingerprint density at radius 3 is 2.50 bits per heavy atom. The highest BCUT2D eigenvalue weighted by Crippen LogP contribution is 2.19. The normalized spacial score (nSPS) is 16.9. The highest BCUT2D eigenvalue weighted by molar-refractivity contribution is 5.94. The molecule has 1 saturated heterocycles. The monoisotopic (exact) mass is 246 g/mol. The molecule has 1 aliphatic rings. The van der Waals surface area contributed by atoms with Crippen molar-refractivity contribution in [2.24, 2.45) is 11.7 Å². The molecule has 3 heteroatoms. The molecule has 0 saturated carbocycles. The van der Waals surface area contributed by atoms with Crippen LogP contribution in [0.3, 0.4) is 0 Å². The summed E-state index contributed by atoms with van der Waals surface area (Å²) >= 11 is 0. The van der Waals surface area contributed by atoms with Crippen molar-refractivity contribution in [3.05, 3.63) is 34.9 Å². The number of likely N-dealkylation sites (tertiary alicyclic amines) is 1. The van der Waals surface area contributed by atoms with Crippen LogP contribution in [0.2, 0.25) is 0 Å². The van der Waals surface area contributed by atoms with E-state index in [1.165, 1.54) is 11.1 Å². The molecule has 1 aliphatic heterocycles. The molecule has 0 unspecified atom stereocenters. The van der Waals surface area contributed by atoms with E-state index in [9.17, 15) is 4.79 Å². The molecule has 3 nitrogen and oxygen atoms in total. The molecule has 1 fully saturated rings. The molecule has 1 heterocycles. The second-order valence-electron chi connectivity index (χ2n) is 5.27. The second-order valence-corrected chi connectivity index (χ2v) is 5.27. The fraction of sp³-hybridized carbons (Fsp3) is 0.533. The van der Waals surface area contributed by atoms with Gasteiger partial charge in [0.1, 0.15) is 0 Å². The SMILES string of the molecule is Cc1ccc(C(=O)N2CCC(CN)CC2)cc1C. The Balaban J connectivity index is 2.05. The Morgan fingerprint density at radius 1 is 1.28 bits per heavy atom. The standard InChI is InChI=1S/C15H22N2O/c1-11-3-4-14(9-12(11)2)15(18)17-7-5-13(10-16)6-8-17/h3-4,9,13H,5-8,10,16H2,1-2H3. The van der Waals surface area contributed by atoms with E-state index in [0.717, 1.165) is 38.0 Å².